The summed E-state index contributed by atoms with van der Waals surface area (Å²) >= 11 is 0. The smallest absolute Gasteiger partial charge is 0.0230 e. The van der Waals surface area contributed by atoms with Crippen molar-refractivity contribution in [3.63, 3.8) is 0 Å². The standard InChI is InChI=1S/C12H16/c1-4-5-11(3)12-8-6-10(2)7-9-12/h5-9H,4H2,1-3H3/b11-5-. The molecule has 0 aliphatic heterocycles. The van der Waals surface area contributed by atoms with Gasteiger partial charge in [-0.1, -0.05) is 42.8 Å². The largest absolute Gasteiger partial charge is 0.0813 e. The Morgan fingerprint density at radius 3 is 2.33 bits per heavy atom. The lowest BCUT2D eigenvalue weighted by Crippen LogP contribution is -1.79. The third-order valence-electron chi connectivity index (χ3n) is 2.02. The predicted octanol–water partition coefficient (Wildman–Crippen LogP) is 3.81. The average molecular weight is 160 g/mol. The molecule has 1 aromatic carbocycles. The van der Waals surface area contributed by atoms with Gasteiger partial charge in [0.2, 0.25) is 0 Å². The van der Waals surface area contributed by atoms with Gasteiger partial charge >= 0.3 is 0 Å². The lowest BCUT2D eigenvalue weighted by molar-refractivity contribution is 1.22. The normalized spacial score (nSPS) is 11.8. The van der Waals surface area contributed by atoms with Crippen molar-refractivity contribution >= 4 is 5.57 Å². The van der Waals surface area contributed by atoms with Gasteiger partial charge in [0.05, 0.1) is 0 Å². The molecule has 0 saturated heterocycles. The summed E-state index contributed by atoms with van der Waals surface area (Å²) in [6.07, 6.45) is 3.37. The van der Waals surface area contributed by atoms with E-state index in [1.54, 1.807) is 0 Å². The molecule has 0 atom stereocenters. The number of hydrogen-bond donors (Lipinski definition) is 0. The van der Waals surface area contributed by atoms with Gasteiger partial charge in [-0.2, -0.15) is 0 Å². The van der Waals surface area contributed by atoms with Gasteiger partial charge in [-0.25, -0.2) is 0 Å². The molecule has 64 valence electrons. The lowest BCUT2D eigenvalue weighted by atomic mass is 10.1. The highest BCUT2D eigenvalue weighted by atomic mass is 14.0. The summed E-state index contributed by atoms with van der Waals surface area (Å²) in [6, 6.07) is 8.66. The molecule has 12 heavy (non-hydrogen) atoms. The first-order valence-corrected chi connectivity index (χ1v) is 4.48. The first-order valence-electron chi connectivity index (χ1n) is 4.48. The molecule has 1 aromatic rings. The maximum Gasteiger partial charge on any atom is -0.0230 e. The van der Waals surface area contributed by atoms with Crippen LogP contribution in [0.1, 0.15) is 31.4 Å². The van der Waals surface area contributed by atoms with Crippen LogP contribution < -0.4 is 0 Å². The van der Waals surface area contributed by atoms with E-state index in [4.69, 9.17) is 0 Å². The molecule has 0 amide bonds. The van der Waals surface area contributed by atoms with Crippen LogP contribution in [0.4, 0.5) is 0 Å². The van der Waals surface area contributed by atoms with E-state index < -0.39 is 0 Å². The van der Waals surface area contributed by atoms with E-state index in [0.717, 1.165) is 6.42 Å². The Morgan fingerprint density at radius 2 is 1.83 bits per heavy atom. The molecule has 0 aliphatic rings. The zero-order valence-corrected chi connectivity index (χ0v) is 8.09. The predicted molar refractivity (Wildman–Crippen MR) is 55.1 cm³/mol. The van der Waals surface area contributed by atoms with Crippen LogP contribution in [-0.4, -0.2) is 0 Å². The Labute approximate surface area is 74.9 Å². The van der Waals surface area contributed by atoms with Gasteiger partial charge in [0.15, 0.2) is 0 Å². The number of rotatable bonds is 2. The second-order valence-electron chi connectivity index (χ2n) is 3.16. The molecule has 0 heterocycles. The van der Waals surface area contributed by atoms with Gasteiger partial charge in [-0.3, -0.25) is 0 Å². The molecule has 0 N–H and O–H groups in total. The minimum Gasteiger partial charge on any atom is -0.0813 e. The molecule has 0 heteroatoms. The molecule has 0 nitrogen and oxygen atoms in total. The molecule has 0 radical (unpaired) electrons. The van der Waals surface area contributed by atoms with E-state index in [2.05, 4.69) is 51.1 Å². The summed E-state index contributed by atoms with van der Waals surface area (Å²) in [5.74, 6) is 0. The van der Waals surface area contributed by atoms with Crippen molar-refractivity contribution in [1.29, 1.82) is 0 Å². The molecule has 0 fully saturated rings. The van der Waals surface area contributed by atoms with Crippen LogP contribution >= 0.6 is 0 Å². The van der Waals surface area contributed by atoms with Crippen molar-refractivity contribution in [3.05, 3.63) is 41.5 Å². The minimum absolute atomic E-state index is 1.11. The maximum atomic E-state index is 2.25. The molecule has 0 saturated carbocycles. The summed E-state index contributed by atoms with van der Waals surface area (Å²) in [5.41, 5.74) is 4.03. The second kappa shape index (κ2) is 4.10. The van der Waals surface area contributed by atoms with E-state index >= 15 is 0 Å². The number of aryl methyl sites for hydroxylation is 1. The van der Waals surface area contributed by atoms with Crippen molar-refractivity contribution in [3.8, 4) is 0 Å². The Bertz CT molecular complexity index is 265. The van der Waals surface area contributed by atoms with Gasteiger partial charge in [0.25, 0.3) is 0 Å². The van der Waals surface area contributed by atoms with Crippen LogP contribution in [0.15, 0.2) is 30.3 Å². The SMILES string of the molecule is CC/C=C(/C)c1ccc(C)cc1. The summed E-state index contributed by atoms with van der Waals surface area (Å²) in [4.78, 5) is 0. The fraction of sp³-hybridized carbons (Fsp3) is 0.333. The Hall–Kier alpha value is -1.04. The molecular weight excluding hydrogens is 144 g/mol. The Balaban J connectivity index is 2.89. The minimum atomic E-state index is 1.11. The van der Waals surface area contributed by atoms with Crippen LogP contribution in [0.2, 0.25) is 0 Å². The molecule has 0 spiro atoms. The Kier molecular flexibility index (Phi) is 3.09. The molecule has 0 bridgehead atoms. The summed E-state index contributed by atoms with van der Waals surface area (Å²) < 4.78 is 0. The van der Waals surface area contributed by atoms with Crippen molar-refractivity contribution in [2.45, 2.75) is 27.2 Å². The second-order valence-corrected chi connectivity index (χ2v) is 3.16. The van der Waals surface area contributed by atoms with Crippen LogP contribution in [0.25, 0.3) is 5.57 Å². The monoisotopic (exact) mass is 160 g/mol. The molecule has 0 aromatic heterocycles. The zero-order valence-electron chi connectivity index (χ0n) is 8.09. The summed E-state index contributed by atoms with van der Waals surface area (Å²) in [6.45, 7) is 6.44. The van der Waals surface area contributed by atoms with Crippen LogP contribution in [0.3, 0.4) is 0 Å². The maximum absolute atomic E-state index is 2.25. The third-order valence-corrected chi connectivity index (χ3v) is 2.02. The van der Waals surface area contributed by atoms with Gasteiger partial charge < -0.3 is 0 Å². The summed E-state index contributed by atoms with van der Waals surface area (Å²) in [7, 11) is 0. The van der Waals surface area contributed by atoms with Crippen LogP contribution in [0, 0.1) is 6.92 Å². The molecule has 0 unspecified atom stereocenters. The fourth-order valence-corrected chi connectivity index (χ4v) is 1.24. The van der Waals surface area contributed by atoms with Gasteiger partial charge in [-0.05, 0) is 31.4 Å². The van der Waals surface area contributed by atoms with Crippen molar-refractivity contribution in [2.24, 2.45) is 0 Å². The zero-order chi connectivity index (χ0) is 8.97. The lowest BCUT2D eigenvalue weighted by Gasteiger charge is -2.00. The van der Waals surface area contributed by atoms with E-state index in [9.17, 15) is 0 Å². The van der Waals surface area contributed by atoms with Crippen LogP contribution in [0.5, 0.6) is 0 Å². The van der Waals surface area contributed by atoms with Crippen molar-refractivity contribution in [2.75, 3.05) is 0 Å². The molecule has 0 aliphatic carbocycles. The van der Waals surface area contributed by atoms with E-state index in [1.165, 1.54) is 16.7 Å². The quantitative estimate of drug-likeness (QED) is 0.617. The first kappa shape index (κ1) is 9.05. The van der Waals surface area contributed by atoms with E-state index in [1.807, 2.05) is 0 Å². The first-order chi connectivity index (χ1) is 5.74. The topological polar surface area (TPSA) is 0 Å². The summed E-state index contributed by atoms with van der Waals surface area (Å²) in [5, 5.41) is 0. The Morgan fingerprint density at radius 1 is 1.25 bits per heavy atom. The van der Waals surface area contributed by atoms with Gasteiger partial charge in [0, 0.05) is 0 Å². The van der Waals surface area contributed by atoms with Crippen molar-refractivity contribution in [1.82, 2.24) is 0 Å². The van der Waals surface area contributed by atoms with Gasteiger partial charge in [-0.15, -0.1) is 0 Å². The van der Waals surface area contributed by atoms with Crippen molar-refractivity contribution < 1.29 is 0 Å². The molecule has 1 rings (SSSR count). The number of hydrogen-bond acceptors (Lipinski definition) is 0. The highest BCUT2D eigenvalue weighted by molar-refractivity contribution is 5.63. The number of allylic oxidation sites excluding steroid dienone is 2. The van der Waals surface area contributed by atoms with E-state index in [0.29, 0.717) is 0 Å². The molecular formula is C12H16. The fourth-order valence-electron chi connectivity index (χ4n) is 1.24. The highest BCUT2D eigenvalue weighted by Gasteiger charge is 1.92. The van der Waals surface area contributed by atoms with Crippen LogP contribution in [-0.2, 0) is 0 Å². The number of benzene rings is 1. The van der Waals surface area contributed by atoms with E-state index in [-0.39, 0.29) is 0 Å². The highest BCUT2D eigenvalue weighted by Crippen LogP contribution is 2.14. The van der Waals surface area contributed by atoms with Gasteiger partial charge in [0.1, 0.15) is 0 Å². The average Bonchev–Trinajstić information content (AvgIpc) is 2.06. The third kappa shape index (κ3) is 2.23.